The molecule has 3 aromatic rings. The van der Waals surface area contributed by atoms with E-state index >= 15 is 0 Å². The molecule has 0 spiro atoms. The topological polar surface area (TPSA) is 58.5 Å². The number of nitrogens with one attached hydrogen (secondary N) is 2. The summed E-state index contributed by atoms with van der Waals surface area (Å²) in [4.78, 5) is 0. The molecule has 5 nitrogen and oxygen atoms in total. The fourth-order valence-electron chi connectivity index (χ4n) is 3.58. The lowest BCUT2D eigenvalue weighted by molar-refractivity contribution is 0.583. The highest BCUT2D eigenvalue weighted by atomic mass is 19.1. The van der Waals surface area contributed by atoms with E-state index in [2.05, 4.69) is 48.0 Å². The van der Waals surface area contributed by atoms with Crippen LogP contribution in [-0.4, -0.2) is 26.0 Å². The zero-order chi connectivity index (χ0) is 23.8. The summed E-state index contributed by atoms with van der Waals surface area (Å²) in [7, 11) is 1.88. The predicted molar refractivity (Wildman–Crippen MR) is 133 cm³/mol. The standard InChI is InChI=1S/C23H30FN5.C3H6/c1-7-21-19(23(28-27-21)18-12-26-29(6)13-18)10-15(4)22-16(5)17(8-9-20(22)24)11-25-14(2)3;1-3-2/h8-10,12-14,25H,7,11H2,1-6H3,(H,27,28);3H,1H2,2H3/b15-10+;. The first-order valence-corrected chi connectivity index (χ1v) is 11.1. The van der Waals surface area contributed by atoms with Gasteiger partial charge in [-0.15, -0.1) is 6.58 Å². The van der Waals surface area contributed by atoms with Gasteiger partial charge in [0.15, 0.2) is 0 Å². The van der Waals surface area contributed by atoms with Crippen molar-refractivity contribution >= 4 is 11.6 Å². The molecule has 0 aliphatic rings. The van der Waals surface area contributed by atoms with Crippen LogP contribution in [0.1, 0.15) is 62.6 Å². The summed E-state index contributed by atoms with van der Waals surface area (Å²) in [6.07, 6.45) is 8.33. The van der Waals surface area contributed by atoms with Gasteiger partial charge in [0, 0.05) is 48.2 Å². The molecule has 3 rings (SSSR count). The highest BCUT2D eigenvalue weighted by molar-refractivity contribution is 5.87. The van der Waals surface area contributed by atoms with E-state index in [0.29, 0.717) is 11.6 Å². The summed E-state index contributed by atoms with van der Waals surface area (Å²) >= 11 is 0. The molecule has 0 aliphatic carbocycles. The summed E-state index contributed by atoms with van der Waals surface area (Å²) in [5.74, 6) is -0.200. The largest absolute Gasteiger partial charge is 0.310 e. The number of rotatable bonds is 7. The normalized spacial score (nSPS) is 11.5. The molecule has 2 N–H and O–H groups in total. The van der Waals surface area contributed by atoms with Crippen LogP contribution in [0.5, 0.6) is 0 Å². The van der Waals surface area contributed by atoms with Crippen molar-refractivity contribution < 1.29 is 4.39 Å². The van der Waals surface area contributed by atoms with E-state index in [4.69, 9.17) is 0 Å². The SMILES string of the molecule is C=CC.CCc1[nH]nc(-c2cnn(C)c2)c1/C=C(\C)c1c(F)ccc(CNC(C)C)c1C. The fourth-order valence-corrected chi connectivity index (χ4v) is 3.58. The van der Waals surface area contributed by atoms with E-state index in [0.717, 1.165) is 52.2 Å². The molecule has 2 heterocycles. The molecule has 172 valence electrons. The molecule has 0 unspecified atom stereocenters. The van der Waals surface area contributed by atoms with Crippen LogP contribution >= 0.6 is 0 Å². The number of hydrogen-bond acceptors (Lipinski definition) is 3. The molecule has 0 radical (unpaired) electrons. The van der Waals surface area contributed by atoms with E-state index in [9.17, 15) is 4.39 Å². The first-order chi connectivity index (χ1) is 15.2. The summed E-state index contributed by atoms with van der Waals surface area (Å²) in [5.41, 5.74) is 7.41. The number of benzene rings is 1. The minimum absolute atomic E-state index is 0.200. The Morgan fingerprint density at radius 3 is 2.59 bits per heavy atom. The van der Waals surface area contributed by atoms with Gasteiger partial charge in [0.25, 0.3) is 0 Å². The van der Waals surface area contributed by atoms with E-state index < -0.39 is 0 Å². The Hall–Kier alpha value is -2.99. The second-order valence-corrected chi connectivity index (χ2v) is 8.20. The molecular formula is C26H36FN5. The van der Waals surface area contributed by atoms with Gasteiger partial charge >= 0.3 is 0 Å². The molecule has 1 aromatic carbocycles. The van der Waals surface area contributed by atoms with Crippen LogP contribution in [0, 0.1) is 12.7 Å². The zero-order valence-electron chi connectivity index (χ0n) is 20.4. The second kappa shape index (κ2) is 11.6. The number of aryl methyl sites for hydroxylation is 2. The van der Waals surface area contributed by atoms with Gasteiger partial charge in [0.2, 0.25) is 0 Å². The van der Waals surface area contributed by atoms with Crippen molar-refractivity contribution in [2.45, 2.75) is 60.5 Å². The average Bonchev–Trinajstić information content (AvgIpc) is 3.33. The highest BCUT2D eigenvalue weighted by Gasteiger charge is 2.17. The summed E-state index contributed by atoms with van der Waals surface area (Å²) < 4.78 is 16.6. The van der Waals surface area contributed by atoms with Crippen molar-refractivity contribution in [3.63, 3.8) is 0 Å². The molecule has 2 aromatic heterocycles. The number of aromatic nitrogens is 4. The van der Waals surface area contributed by atoms with Crippen molar-refractivity contribution in [1.29, 1.82) is 0 Å². The van der Waals surface area contributed by atoms with Gasteiger partial charge in [-0.25, -0.2) is 4.39 Å². The number of hydrogen-bond donors (Lipinski definition) is 2. The van der Waals surface area contributed by atoms with Crippen molar-refractivity contribution in [3.05, 3.63) is 70.9 Å². The van der Waals surface area contributed by atoms with Crippen LogP contribution in [-0.2, 0) is 20.0 Å². The number of halogens is 1. The van der Waals surface area contributed by atoms with Crippen molar-refractivity contribution in [1.82, 2.24) is 25.3 Å². The predicted octanol–water partition coefficient (Wildman–Crippen LogP) is 6.07. The van der Waals surface area contributed by atoms with E-state index in [1.807, 2.05) is 46.2 Å². The lowest BCUT2D eigenvalue weighted by Gasteiger charge is -2.15. The Labute approximate surface area is 191 Å². The molecule has 0 atom stereocenters. The van der Waals surface area contributed by atoms with Crippen LogP contribution in [0.15, 0.2) is 37.2 Å². The molecule has 0 bridgehead atoms. The average molecular weight is 438 g/mol. The van der Waals surface area contributed by atoms with Crippen molar-refractivity contribution in [2.24, 2.45) is 7.05 Å². The van der Waals surface area contributed by atoms with Gasteiger partial charge in [-0.2, -0.15) is 10.2 Å². The van der Waals surface area contributed by atoms with Crippen LogP contribution in [0.2, 0.25) is 0 Å². The van der Waals surface area contributed by atoms with Gasteiger partial charge in [-0.3, -0.25) is 9.78 Å². The smallest absolute Gasteiger partial charge is 0.130 e. The van der Waals surface area contributed by atoms with E-state index in [1.165, 1.54) is 0 Å². The molecule has 0 saturated carbocycles. The minimum Gasteiger partial charge on any atom is -0.310 e. The summed E-state index contributed by atoms with van der Waals surface area (Å²) in [5, 5.41) is 15.3. The van der Waals surface area contributed by atoms with Gasteiger partial charge in [0.05, 0.1) is 6.20 Å². The van der Waals surface area contributed by atoms with Crippen molar-refractivity contribution in [2.75, 3.05) is 0 Å². The number of nitrogens with zero attached hydrogens (tertiary/aromatic N) is 3. The van der Waals surface area contributed by atoms with Crippen molar-refractivity contribution in [3.8, 4) is 11.3 Å². The quantitative estimate of drug-likeness (QED) is 0.441. The zero-order valence-corrected chi connectivity index (χ0v) is 20.4. The Kier molecular flexibility index (Phi) is 9.14. The summed E-state index contributed by atoms with van der Waals surface area (Å²) in [6, 6.07) is 3.81. The molecule has 0 amide bonds. The molecule has 6 heteroatoms. The number of allylic oxidation sites excluding steroid dienone is 2. The maximum Gasteiger partial charge on any atom is 0.130 e. The van der Waals surface area contributed by atoms with E-state index in [1.54, 1.807) is 23.0 Å². The van der Waals surface area contributed by atoms with Crippen LogP contribution in [0.3, 0.4) is 0 Å². The lowest BCUT2D eigenvalue weighted by atomic mass is 9.94. The third-order valence-corrected chi connectivity index (χ3v) is 5.20. The Bertz CT molecular complexity index is 1070. The lowest BCUT2D eigenvalue weighted by Crippen LogP contribution is -2.22. The summed E-state index contributed by atoms with van der Waals surface area (Å²) in [6.45, 7) is 16.2. The third-order valence-electron chi connectivity index (χ3n) is 5.20. The highest BCUT2D eigenvalue weighted by Crippen LogP contribution is 2.31. The first kappa shape index (κ1) is 25.3. The Morgan fingerprint density at radius 1 is 1.34 bits per heavy atom. The molecule has 0 saturated heterocycles. The fraction of sp³-hybridized carbons (Fsp3) is 0.385. The van der Waals surface area contributed by atoms with Gasteiger partial charge in [-0.1, -0.05) is 32.9 Å². The maximum absolute atomic E-state index is 14.8. The first-order valence-electron chi connectivity index (χ1n) is 11.1. The third kappa shape index (κ3) is 6.04. The molecular weight excluding hydrogens is 401 g/mol. The second-order valence-electron chi connectivity index (χ2n) is 8.20. The van der Waals surface area contributed by atoms with E-state index in [-0.39, 0.29) is 5.82 Å². The minimum atomic E-state index is -0.200. The Balaban J connectivity index is 0.00000114. The molecule has 0 fully saturated rings. The van der Waals surface area contributed by atoms with Crippen LogP contribution < -0.4 is 5.32 Å². The van der Waals surface area contributed by atoms with Gasteiger partial charge in [0.1, 0.15) is 11.5 Å². The monoisotopic (exact) mass is 437 g/mol. The van der Waals surface area contributed by atoms with Gasteiger partial charge < -0.3 is 5.32 Å². The molecule has 0 aliphatic heterocycles. The Morgan fingerprint density at radius 2 is 2.03 bits per heavy atom. The van der Waals surface area contributed by atoms with Crippen LogP contribution in [0.4, 0.5) is 4.39 Å². The number of H-pyrrole nitrogens is 1. The van der Waals surface area contributed by atoms with Crippen LogP contribution in [0.25, 0.3) is 22.9 Å². The number of aromatic amines is 1. The van der Waals surface area contributed by atoms with Gasteiger partial charge in [-0.05, 0) is 56.0 Å². The molecule has 32 heavy (non-hydrogen) atoms. The maximum atomic E-state index is 14.8.